The molecule has 0 aromatic heterocycles. The molecule has 0 spiro atoms. The Kier molecular flexibility index (Phi) is 17.6. The van der Waals surface area contributed by atoms with Gasteiger partial charge >= 0.3 is 0 Å². The maximum Gasteiger partial charge on any atom is 0.0462 e. The summed E-state index contributed by atoms with van der Waals surface area (Å²) in [4.78, 5) is 9.54. The highest BCUT2D eigenvalue weighted by Gasteiger charge is 2.17. The second kappa shape index (κ2) is 26.3. The normalized spacial score (nSPS) is 11.5. The van der Waals surface area contributed by atoms with Gasteiger partial charge in [-0.15, -0.1) is 0 Å². The molecular formula is C80H74N4. The van der Waals surface area contributed by atoms with Gasteiger partial charge in [-0.2, -0.15) is 0 Å². The van der Waals surface area contributed by atoms with Gasteiger partial charge in [0.15, 0.2) is 0 Å². The van der Waals surface area contributed by atoms with Gasteiger partial charge in [-0.25, -0.2) is 0 Å². The van der Waals surface area contributed by atoms with Crippen LogP contribution in [0.5, 0.6) is 0 Å². The molecule has 0 saturated carbocycles. The van der Waals surface area contributed by atoms with E-state index in [1.807, 2.05) is 0 Å². The molecule has 0 aliphatic rings. The fourth-order valence-electron chi connectivity index (χ4n) is 11.0. The highest BCUT2D eigenvalue weighted by atomic mass is 15.2. The average molecular weight is 1090 g/mol. The number of benzene rings is 11. The van der Waals surface area contributed by atoms with E-state index in [1.165, 1.54) is 44.8 Å². The molecule has 0 unspecified atom stereocenters. The van der Waals surface area contributed by atoms with Gasteiger partial charge in [0.2, 0.25) is 0 Å². The van der Waals surface area contributed by atoms with Gasteiger partial charge in [-0.05, 0) is 206 Å². The minimum Gasteiger partial charge on any atom is -0.367 e. The molecule has 11 aromatic rings. The Morgan fingerprint density at radius 3 is 0.738 bits per heavy atom. The molecule has 4 nitrogen and oxygen atoms in total. The van der Waals surface area contributed by atoms with Crippen LogP contribution in [0.1, 0.15) is 80.6 Å². The van der Waals surface area contributed by atoms with E-state index in [0.717, 1.165) is 105 Å². The highest BCUT2D eigenvalue weighted by molar-refractivity contribution is 5.95. The second-order valence-electron chi connectivity index (χ2n) is 22.0. The van der Waals surface area contributed by atoms with Crippen molar-refractivity contribution < 1.29 is 0 Å². The standard InChI is InChI=1S/C80H74N4/c1-7-81(57-65-15-11-9-12-16-65)71-51-35-69(36-52-71)79(55-63-27-47-77(48-28-63)83(73-39-19-59(3)20-40-73)74-41-21-60(4)22-42-74)67-31-33-68(34-32-67)80(70-37-53-72(54-38-70)82(8-2)58-66-17-13-10-14-18-66)56-64-29-49-78(50-30-64)84(75-43-23-61(5)24-44-75)76-45-25-62(6)26-46-76/h9-56H,7-8,57-58H2,1-6H3. The van der Waals surface area contributed by atoms with Gasteiger partial charge in [0.1, 0.15) is 0 Å². The first-order chi connectivity index (χ1) is 41.1. The van der Waals surface area contributed by atoms with E-state index in [2.05, 4.69) is 352 Å². The molecule has 0 atom stereocenters. The summed E-state index contributed by atoms with van der Waals surface area (Å²) in [5.41, 5.74) is 25.8. The zero-order chi connectivity index (χ0) is 57.8. The first-order valence-corrected chi connectivity index (χ1v) is 29.5. The van der Waals surface area contributed by atoms with Crippen molar-refractivity contribution >= 4 is 68.8 Å². The third-order valence-corrected chi connectivity index (χ3v) is 15.9. The van der Waals surface area contributed by atoms with Crippen molar-refractivity contribution in [2.24, 2.45) is 0 Å². The van der Waals surface area contributed by atoms with Crippen LogP contribution in [0, 0.1) is 27.7 Å². The first kappa shape index (κ1) is 56.0. The van der Waals surface area contributed by atoms with E-state index in [9.17, 15) is 0 Å². The zero-order valence-corrected chi connectivity index (χ0v) is 49.3. The predicted molar refractivity (Wildman–Crippen MR) is 361 cm³/mol. The van der Waals surface area contributed by atoms with Gasteiger partial charge in [0.05, 0.1) is 0 Å². The van der Waals surface area contributed by atoms with E-state index in [4.69, 9.17) is 0 Å². The summed E-state index contributed by atoms with van der Waals surface area (Å²) < 4.78 is 0. The maximum atomic E-state index is 2.44. The third kappa shape index (κ3) is 13.5. The fraction of sp³-hybridized carbons (Fsp3) is 0.125. The van der Waals surface area contributed by atoms with Gasteiger partial charge in [-0.3, -0.25) is 0 Å². The molecule has 0 saturated heterocycles. The summed E-state index contributed by atoms with van der Waals surface area (Å²) in [6.45, 7) is 16.5. The molecular weight excluding hydrogens is 1020 g/mol. The van der Waals surface area contributed by atoms with Gasteiger partial charge in [0, 0.05) is 71.7 Å². The Morgan fingerprint density at radius 1 is 0.262 bits per heavy atom. The Hall–Kier alpha value is -9.90. The van der Waals surface area contributed by atoms with Crippen LogP contribution in [-0.2, 0) is 13.1 Å². The molecule has 0 radical (unpaired) electrons. The molecule has 11 rings (SSSR count). The number of hydrogen-bond donors (Lipinski definition) is 0. The lowest BCUT2D eigenvalue weighted by molar-refractivity contribution is 0.832. The smallest absolute Gasteiger partial charge is 0.0462 e. The van der Waals surface area contributed by atoms with Crippen molar-refractivity contribution in [2.45, 2.75) is 54.6 Å². The Labute approximate surface area is 499 Å². The van der Waals surface area contributed by atoms with Crippen molar-refractivity contribution in [3.8, 4) is 0 Å². The van der Waals surface area contributed by atoms with Crippen molar-refractivity contribution in [1.29, 1.82) is 0 Å². The minimum atomic E-state index is 0.849. The molecule has 0 N–H and O–H groups in total. The second-order valence-corrected chi connectivity index (χ2v) is 22.0. The van der Waals surface area contributed by atoms with Crippen LogP contribution in [0.2, 0.25) is 0 Å². The first-order valence-electron chi connectivity index (χ1n) is 29.5. The summed E-state index contributed by atoms with van der Waals surface area (Å²) in [6, 6.07) is 102. The molecule has 0 aliphatic carbocycles. The van der Waals surface area contributed by atoms with Crippen molar-refractivity contribution in [1.82, 2.24) is 0 Å². The van der Waals surface area contributed by atoms with E-state index < -0.39 is 0 Å². The summed E-state index contributed by atoms with van der Waals surface area (Å²) >= 11 is 0. The monoisotopic (exact) mass is 1090 g/mol. The highest BCUT2D eigenvalue weighted by Crippen LogP contribution is 2.39. The third-order valence-electron chi connectivity index (χ3n) is 15.9. The molecule has 4 heteroatoms. The van der Waals surface area contributed by atoms with Crippen LogP contribution in [0.3, 0.4) is 0 Å². The number of aryl methyl sites for hydroxylation is 4. The molecule has 0 fully saturated rings. The van der Waals surface area contributed by atoms with Gasteiger partial charge in [0.25, 0.3) is 0 Å². The van der Waals surface area contributed by atoms with E-state index in [-0.39, 0.29) is 0 Å². The number of hydrogen-bond acceptors (Lipinski definition) is 4. The number of nitrogens with zero attached hydrogens (tertiary/aromatic N) is 4. The molecule has 0 heterocycles. The summed E-state index contributed by atoms with van der Waals surface area (Å²) in [7, 11) is 0. The lowest BCUT2D eigenvalue weighted by atomic mass is 9.91. The van der Waals surface area contributed by atoms with Crippen molar-refractivity contribution in [2.75, 3.05) is 32.7 Å². The number of anilines is 8. The SMILES string of the molecule is CCN(Cc1ccccc1)c1ccc(C(=Cc2ccc(N(c3ccc(C)cc3)c3ccc(C)cc3)cc2)c2ccc(C(=Cc3ccc(N(c4ccc(C)cc4)c4ccc(C)cc4)cc3)c3ccc(N(CC)Cc4ccccc4)cc3)cc2)cc1. The van der Waals surface area contributed by atoms with Crippen LogP contribution in [0.25, 0.3) is 23.3 Å². The summed E-state index contributed by atoms with van der Waals surface area (Å²) in [5, 5.41) is 0. The summed E-state index contributed by atoms with van der Waals surface area (Å²) in [5.74, 6) is 0. The molecule has 11 aromatic carbocycles. The Balaban J connectivity index is 0.975. The van der Waals surface area contributed by atoms with Crippen LogP contribution < -0.4 is 19.6 Å². The molecule has 0 bridgehead atoms. The van der Waals surface area contributed by atoms with E-state index >= 15 is 0 Å². The minimum absolute atomic E-state index is 0.849. The Morgan fingerprint density at radius 2 is 0.488 bits per heavy atom. The maximum absolute atomic E-state index is 2.44. The molecule has 414 valence electrons. The lowest BCUT2D eigenvalue weighted by Crippen LogP contribution is -2.21. The number of rotatable bonds is 20. The van der Waals surface area contributed by atoms with E-state index in [1.54, 1.807) is 0 Å². The molecule has 0 amide bonds. The lowest BCUT2D eigenvalue weighted by Gasteiger charge is -2.26. The van der Waals surface area contributed by atoms with Crippen LogP contribution >= 0.6 is 0 Å². The van der Waals surface area contributed by atoms with Gasteiger partial charge < -0.3 is 19.6 Å². The Bertz CT molecular complexity index is 3570. The van der Waals surface area contributed by atoms with Crippen molar-refractivity contribution in [3.05, 3.63) is 346 Å². The fourth-order valence-corrected chi connectivity index (χ4v) is 11.0. The predicted octanol–water partition coefficient (Wildman–Crippen LogP) is 21.1. The molecule has 0 aliphatic heterocycles. The largest absolute Gasteiger partial charge is 0.367 e. The molecule has 84 heavy (non-hydrogen) atoms. The summed E-state index contributed by atoms with van der Waals surface area (Å²) in [6.07, 6.45) is 4.69. The van der Waals surface area contributed by atoms with Gasteiger partial charge in [-0.1, -0.05) is 204 Å². The quantitative estimate of drug-likeness (QED) is 0.0705. The van der Waals surface area contributed by atoms with Crippen molar-refractivity contribution in [3.63, 3.8) is 0 Å². The topological polar surface area (TPSA) is 13.0 Å². The van der Waals surface area contributed by atoms with Crippen LogP contribution in [0.4, 0.5) is 45.5 Å². The van der Waals surface area contributed by atoms with Crippen LogP contribution in [0.15, 0.2) is 279 Å². The van der Waals surface area contributed by atoms with E-state index in [0.29, 0.717) is 0 Å². The average Bonchev–Trinajstić information content (AvgIpc) is 3.61. The zero-order valence-electron chi connectivity index (χ0n) is 49.3. The van der Waals surface area contributed by atoms with Crippen LogP contribution in [-0.4, -0.2) is 13.1 Å².